The average Bonchev–Trinajstić information content (AvgIpc) is 2.56. The Morgan fingerprint density at radius 2 is 1.88 bits per heavy atom. The molecule has 0 radical (unpaired) electrons. The number of aryl methyl sites for hydroxylation is 1. The van der Waals surface area contributed by atoms with E-state index in [0.29, 0.717) is 18.7 Å². The zero-order valence-electron chi connectivity index (χ0n) is 15.0. The van der Waals surface area contributed by atoms with E-state index in [4.69, 9.17) is 10.5 Å². The maximum Gasteiger partial charge on any atom is 0.224 e. The van der Waals surface area contributed by atoms with Gasteiger partial charge in [-0.1, -0.05) is 31.2 Å². The number of carbonyl (C=O) groups is 1. The predicted octanol–water partition coefficient (Wildman–Crippen LogP) is 4.04. The summed E-state index contributed by atoms with van der Waals surface area (Å²) in [6, 6.07) is 13.4. The van der Waals surface area contributed by atoms with Crippen LogP contribution in [0, 0.1) is 6.92 Å². The van der Waals surface area contributed by atoms with E-state index < -0.39 is 0 Å². The number of benzene rings is 2. The fraction of sp³-hybridized carbons (Fsp3) is 0.350. The van der Waals surface area contributed by atoms with Gasteiger partial charge in [0.05, 0.1) is 12.5 Å². The predicted molar refractivity (Wildman–Crippen MR) is 105 cm³/mol. The van der Waals surface area contributed by atoms with Crippen molar-refractivity contribution in [1.82, 2.24) is 5.32 Å². The highest BCUT2D eigenvalue weighted by molar-refractivity contribution is 5.85. The molecule has 0 saturated heterocycles. The van der Waals surface area contributed by atoms with Crippen LogP contribution in [0.2, 0.25) is 0 Å². The third-order valence-corrected chi connectivity index (χ3v) is 3.95. The molecule has 1 unspecified atom stereocenters. The molecule has 0 spiro atoms. The Hall–Kier alpha value is -2.20. The molecule has 1 atom stereocenters. The van der Waals surface area contributed by atoms with Crippen LogP contribution in [0.4, 0.5) is 5.69 Å². The van der Waals surface area contributed by atoms with Gasteiger partial charge >= 0.3 is 0 Å². The summed E-state index contributed by atoms with van der Waals surface area (Å²) in [5.41, 5.74) is 9.44. The molecule has 0 aliphatic carbocycles. The zero-order valence-corrected chi connectivity index (χ0v) is 15.9. The Bertz CT molecular complexity index is 687. The van der Waals surface area contributed by atoms with E-state index in [9.17, 15) is 4.79 Å². The van der Waals surface area contributed by atoms with E-state index in [1.165, 1.54) is 0 Å². The number of carbonyl (C=O) groups excluding carboxylic acids is 1. The Kier molecular flexibility index (Phi) is 8.29. The van der Waals surface area contributed by atoms with E-state index in [2.05, 4.69) is 12.2 Å². The first kappa shape index (κ1) is 20.8. The largest absolute Gasteiger partial charge is 0.490 e. The van der Waals surface area contributed by atoms with Crippen LogP contribution in [-0.4, -0.2) is 12.0 Å². The van der Waals surface area contributed by atoms with Crippen molar-refractivity contribution < 1.29 is 9.53 Å². The number of nitrogen functional groups attached to an aromatic ring is 1. The summed E-state index contributed by atoms with van der Waals surface area (Å²) in [7, 11) is 0. The molecular weight excluding hydrogens is 336 g/mol. The Morgan fingerprint density at radius 1 is 1.20 bits per heavy atom. The summed E-state index contributed by atoms with van der Waals surface area (Å²) >= 11 is 0. The molecule has 0 aliphatic rings. The molecule has 1 amide bonds. The fourth-order valence-corrected chi connectivity index (χ4v) is 2.29. The van der Waals surface area contributed by atoms with Gasteiger partial charge in [0, 0.05) is 17.8 Å². The number of halogens is 1. The minimum atomic E-state index is -0.0187. The number of ether oxygens (including phenoxy) is 1. The molecule has 0 aliphatic heterocycles. The molecule has 5 heteroatoms. The first-order valence-corrected chi connectivity index (χ1v) is 8.35. The van der Waals surface area contributed by atoms with Gasteiger partial charge in [-0.2, -0.15) is 0 Å². The molecule has 2 aromatic rings. The van der Waals surface area contributed by atoms with Crippen molar-refractivity contribution in [3.63, 3.8) is 0 Å². The second-order valence-electron chi connectivity index (χ2n) is 6.14. The van der Waals surface area contributed by atoms with Crippen molar-refractivity contribution in [2.45, 2.75) is 46.3 Å². The standard InChI is InChI=1S/C20H26N2O2.ClH/c1-4-15(3)24-19-11-14(2)5-8-17(19)13-22-20(23)12-16-6-9-18(21)10-7-16;/h5-11,15H,4,12-13,21H2,1-3H3,(H,22,23);1H. The molecule has 0 heterocycles. The second kappa shape index (κ2) is 9.94. The van der Waals surface area contributed by atoms with Crippen LogP contribution in [0.15, 0.2) is 42.5 Å². The smallest absolute Gasteiger partial charge is 0.224 e. The van der Waals surface area contributed by atoms with E-state index in [0.717, 1.165) is 28.9 Å². The lowest BCUT2D eigenvalue weighted by atomic mass is 10.1. The van der Waals surface area contributed by atoms with Gasteiger partial charge in [-0.05, 0) is 49.6 Å². The van der Waals surface area contributed by atoms with Crippen molar-refractivity contribution >= 4 is 24.0 Å². The highest BCUT2D eigenvalue weighted by Gasteiger charge is 2.10. The monoisotopic (exact) mass is 362 g/mol. The number of anilines is 1. The molecule has 0 aromatic heterocycles. The molecule has 0 bridgehead atoms. The minimum absolute atomic E-state index is 0. The Labute approximate surface area is 156 Å². The minimum Gasteiger partial charge on any atom is -0.490 e. The molecule has 2 rings (SSSR count). The quantitative estimate of drug-likeness (QED) is 0.731. The number of hydrogen-bond donors (Lipinski definition) is 2. The summed E-state index contributed by atoms with van der Waals surface area (Å²) in [6.07, 6.45) is 1.43. The molecule has 2 aromatic carbocycles. The van der Waals surface area contributed by atoms with Crippen LogP contribution in [0.5, 0.6) is 5.75 Å². The number of hydrogen-bond acceptors (Lipinski definition) is 3. The van der Waals surface area contributed by atoms with Crippen LogP contribution in [0.25, 0.3) is 0 Å². The van der Waals surface area contributed by atoms with Crippen LogP contribution in [-0.2, 0) is 17.8 Å². The maximum atomic E-state index is 12.1. The number of nitrogens with two attached hydrogens (primary N) is 1. The lowest BCUT2D eigenvalue weighted by Gasteiger charge is -2.17. The van der Waals surface area contributed by atoms with Gasteiger partial charge in [-0.3, -0.25) is 4.79 Å². The molecule has 0 saturated carbocycles. The highest BCUT2D eigenvalue weighted by atomic mass is 35.5. The molecule has 3 N–H and O–H groups in total. The molecule has 0 fully saturated rings. The van der Waals surface area contributed by atoms with Crippen LogP contribution >= 0.6 is 12.4 Å². The third kappa shape index (κ3) is 6.67. The van der Waals surface area contributed by atoms with Crippen molar-refractivity contribution in [3.05, 3.63) is 59.2 Å². The zero-order chi connectivity index (χ0) is 17.5. The summed E-state index contributed by atoms with van der Waals surface area (Å²) in [5.74, 6) is 0.826. The van der Waals surface area contributed by atoms with Crippen LogP contribution in [0.1, 0.15) is 37.0 Å². The van der Waals surface area contributed by atoms with Gasteiger partial charge in [0.1, 0.15) is 5.75 Å². The topological polar surface area (TPSA) is 64.3 Å². The molecule has 25 heavy (non-hydrogen) atoms. The van der Waals surface area contributed by atoms with Gasteiger partial charge in [0.25, 0.3) is 0 Å². The summed E-state index contributed by atoms with van der Waals surface area (Å²) in [5, 5.41) is 2.96. The summed E-state index contributed by atoms with van der Waals surface area (Å²) < 4.78 is 5.97. The second-order valence-corrected chi connectivity index (χ2v) is 6.14. The maximum absolute atomic E-state index is 12.1. The third-order valence-electron chi connectivity index (χ3n) is 3.95. The van der Waals surface area contributed by atoms with Crippen molar-refractivity contribution in [2.24, 2.45) is 0 Å². The lowest BCUT2D eigenvalue weighted by molar-refractivity contribution is -0.120. The van der Waals surface area contributed by atoms with E-state index >= 15 is 0 Å². The number of amides is 1. The fourth-order valence-electron chi connectivity index (χ4n) is 2.29. The summed E-state index contributed by atoms with van der Waals surface area (Å²) in [4.78, 5) is 12.1. The summed E-state index contributed by atoms with van der Waals surface area (Å²) in [6.45, 7) is 6.63. The SMILES string of the molecule is CCC(C)Oc1cc(C)ccc1CNC(=O)Cc1ccc(N)cc1.Cl. The van der Waals surface area contributed by atoms with Gasteiger partial charge < -0.3 is 15.8 Å². The lowest BCUT2D eigenvalue weighted by Crippen LogP contribution is -2.25. The van der Waals surface area contributed by atoms with Gasteiger partial charge in [0.15, 0.2) is 0 Å². The van der Waals surface area contributed by atoms with Gasteiger partial charge in [-0.25, -0.2) is 0 Å². The molecule has 4 nitrogen and oxygen atoms in total. The normalized spacial score (nSPS) is 11.3. The average molecular weight is 363 g/mol. The van der Waals surface area contributed by atoms with E-state index in [-0.39, 0.29) is 24.4 Å². The van der Waals surface area contributed by atoms with Crippen molar-refractivity contribution in [3.8, 4) is 5.75 Å². The van der Waals surface area contributed by atoms with Gasteiger partial charge in [0.2, 0.25) is 5.91 Å². The first-order valence-electron chi connectivity index (χ1n) is 8.35. The van der Waals surface area contributed by atoms with Crippen molar-refractivity contribution in [1.29, 1.82) is 0 Å². The van der Waals surface area contributed by atoms with Crippen LogP contribution < -0.4 is 15.8 Å². The number of rotatable bonds is 7. The van der Waals surface area contributed by atoms with Crippen LogP contribution in [0.3, 0.4) is 0 Å². The Morgan fingerprint density at radius 3 is 2.52 bits per heavy atom. The first-order chi connectivity index (χ1) is 11.5. The molecular formula is C20H27ClN2O2. The van der Waals surface area contributed by atoms with Crippen molar-refractivity contribution in [2.75, 3.05) is 5.73 Å². The van der Waals surface area contributed by atoms with E-state index in [1.807, 2.05) is 44.2 Å². The van der Waals surface area contributed by atoms with E-state index in [1.54, 1.807) is 12.1 Å². The number of nitrogens with one attached hydrogen (secondary N) is 1. The highest BCUT2D eigenvalue weighted by Crippen LogP contribution is 2.22. The van der Waals surface area contributed by atoms with Gasteiger partial charge in [-0.15, -0.1) is 12.4 Å². The molecule has 136 valence electrons. The Balaban J connectivity index is 0.00000312.